The van der Waals surface area contributed by atoms with Crippen molar-refractivity contribution in [1.29, 1.82) is 0 Å². The SMILES string of the molecule is CC1CNC1c1coc2ccccc12. The van der Waals surface area contributed by atoms with E-state index in [9.17, 15) is 0 Å². The molecule has 1 aromatic heterocycles. The summed E-state index contributed by atoms with van der Waals surface area (Å²) in [6, 6.07) is 8.69. The number of para-hydroxylation sites is 1. The van der Waals surface area contributed by atoms with Crippen LogP contribution in [-0.4, -0.2) is 6.54 Å². The maximum Gasteiger partial charge on any atom is 0.134 e. The molecular formula is C12H13NO. The van der Waals surface area contributed by atoms with Gasteiger partial charge in [0.05, 0.1) is 6.26 Å². The zero-order valence-corrected chi connectivity index (χ0v) is 8.16. The van der Waals surface area contributed by atoms with E-state index in [1.54, 1.807) is 0 Å². The maximum atomic E-state index is 5.51. The van der Waals surface area contributed by atoms with Gasteiger partial charge in [0.1, 0.15) is 5.58 Å². The summed E-state index contributed by atoms with van der Waals surface area (Å²) >= 11 is 0. The van der Waals surface area contributed by atoms with E-state index in [1.807, 2.05) is 18.4 Å². The Kier molecular flexibility index (Phi) is 1.64. The van der Waals surface area contributed by atoms with E-state index in [2.05, 4.69) is 24.4 Å². The molecule has 0 radical (unpaired) electrons. The van der Waals surface area contributed by atoms with Crippen LogP contribution in [0.4, 0.5) is 0 Å². The lowest BCUT2D eigenvalue weighted by molar-refractivity contribution is 0.258. The van der Waals surface area contributed by atoms with Crippen LogP contribution in [0.2, 0.25) is 0 Å². The Morgan fingerprint density at radius 3 is 2.93 bits per heavy atom. The van der Waals surface area contributed by atoms with E-state index in [1.165, 1.54) is 10.9 Å². The lowest BCUT2D eigenvalue weighted by atomic mass is 9.87. The van der Waals surface area contributed by atoms with Gasteiger partial charge in [0, 0.05) is 23.5 Å². The summed E-state index contributed by atoms with van der Waals surface area (Å²) in [4.78, 5) is 0. The average Bonchev–Trinajstić information content (AvgIpc) is 2.60. The van der Waals surface area contributed by atoms with Gasteiger partial charge in [0.2, 0.25) is 0 Å². The minimum Gasteiger partial charge on any atom is -0.464 e. The van der Waals surface area contributed by atoms with Crippen LogP contribution in [-0.2, 0) is 0 Å². The number of hydrogen-bond acceptors (Lipinski definition) is 2. The van der Waals surface area contributed by atoms with Crippen molar-refractivity contribution in [3.8, 4) is 0 Å². The van der Waals surface area contributed by atoms with Crippen LogP contribution in [0.5, 0.6) is 0 Å². The summed E-state index contributed by atoms with van der Waals surface area (Å²) in [5.74, 6) is 0.719. The number of hydrogen-bond donors (Lipinski definition) is 1. The molecule has 1 aliphatic rings. The highest BCUT2D eigenvalue weighted by Crippen LogP contribution is 2.34. The highest BCUT2D eigenvalue weighted by atomic mass is 16.3. The highest BCUT2D eigenvalue weighted by Gasteiger charge is 2.29. The van der Waals surface area contributed by atoms with Crippen molar-refractivity contribution in [2.24, 2.45) is 5.92 Å². The third kappa shape index (κ3) is 1.01. The van der Waals surface area contributed by atoms with E-state index in [0.717, 1.165) is 18.0 Å². The second-order valence-electron chi connectivity index (χ2n) is 4.05. The third-order valence-corrected chi connectivity index (χ3v) is 3.07. The molecule has 2 unspecified atom stereocenters. The smallest absolute Gasteiger partial charge is 0.134 e. The number of benzene rings is 1. The number of furan rings is 1. The van der Waals surface area contributed by atoms with Gasteiger partial charge in [-0.05, 0) is 12.0 Å². The van der Waals surface area contributed by atoms with Gasteiger partial charge in [-0.2, -0.15) is 0 Å². The molecule has 14 heavy (non-hydrogen) atoms. The maximum absolute atomic E-state index is 5.51. The summed E-state index contributed by atoms with van der Waals surface area (Å²) < 4.78 is 5.51. The summed E-state index contributed by atoms with van der Waals surface area (Å²) in [5.41, 5.74) is 2.29. The molecule has 2 aromatic rings. The Labute approximate surface area is 82.9 Å². The van der Waals surface area contributed by atoms with Crippen molar-refractivity contribution in [1.82, 2.24) is 5.32 Å². The minimum atomic E-state index is 0.485. The topological polar surface area (TPSA) is 25.2 Å². The van der Waals surface area contributed by atoms with Crippen LogP contribution in [0.25, 0.3) is 11.0 Å². The normalized spacial score (nSPS) is 26.4. The molecule has 2 nitrogen and oxygen atoms in total. The molecule has 1 N–H and O–H groups in total. The Hall–Kier alpha value is -1.28. The van der Waals surface area contributed by atoms with Crippen molar-refractivity contribution in [2.75, 3.05) is 6.54 Å². The van der Waals surface area contributed by atoms with Gasteiger partial charge >= 0.3 is 0 Å². The summed E-state index contributed by atoms with van der Waals surface area (Å²) in [7, 11) is 0. The number of fused-ring (bicyclic) bond motifs is 1. The van der Waals surface area contributed by atoms with Gasteiger partial charge in [-0.25, -0.2) is 0 Å². The second-order valence-corrected chi connectivity index (χ2v) is 4.05. The molecule has 1 aliphatic heterocycles. The fraction of sp³-hybridized carbons (Fsp3) is 0.333. The Bertz CT molecular complexity index is 460. The predicted octanol–water partition coefficient (Wildman–Crippen LogP) is 2.71. The van der Waals surface area contributed by atoms with E-state index in [4.69, 9.17) is 4.42 Å². The van der Waals surface area contributed by atoms with Crippen LogP contribution >= 0.6 is 0 Å². The molecule has 0 spiro atoms. The van der Waals surface area contributed by atoms with Gasteiger partial charge < -0.3 is 9.73 Å². The fourth-order valence-corrected chi connectivity index (χ4v) is 2.13. The van der Waals surface area contributed by atoms with Crippen LogP contribution in [0.3, 0.4) is 0 Å². The molecule has 2 heteroatoms. The molecule has 2 atom stereocenters. The van der Waals surface area contributed by atoms with Gasteiger partial charge in [0.15, 0.2) is 0 Å². The molecule has 1 fully saturated rings. The van der Waals surface area contributed by atoms with Gasteiger partial charge in [-0.1, -0.05) is 25.1 Å². The first-order chi connectivity index (χ1) is 6.86. The molecule has 1 aromatic carbocycles. The van der Waals surface area contributed by atoms with Crippen LogP contribution in [0, 0.1) is 5.92 Å². The molecule has 0 amide bonds. The summed E-state index contributed by atoms with van der Waals surface area (Å²) in [6.07, 6.45) is 1.89. The molecule has 72 valence electrons. The zero-order valence-electron chi connectivity index (χ0n) is 8.16. The number of nitrogens with one attached hydrogen (secondary N) is 1. The van der Waals surface area contributed by atoms with Crippen LogP contribution in [0.1, 0.15) is 18.5 Å². The summed E-state index contributed by atoms with van der Waals surface area (Å²) in [5, 5.41) is 4.68. The van der Waals surface area contributed by atoms with E-state index < -0.39 is 0 Å². The molecule has 1 saturated heterocycles. The average molecular weight is 187 g/mol. The van der Waals surface area contributed by atoms with Gasteiger partial charge in [-0.15, -0.1) is 0 Å². The molecule has 0 aliphatic carbocycles. The molecule has 0 saturated carbocycles. The lowest BCUT2D eigenvalue weighted by Crippen LogP contribution is -2.43. The Morgan fingerprint density at radius 2 is 2.21 bits per heavy atom. The quantitative estimate of drug-likeness (QED) is 0.742. The predicted molar refractivity (Wildman–Crippen MR) is 56.1 cm³/mol. The highest BCUT2D eigenvalue weighted by molar-refractivity contribution is 5.81. The number of rotatable bonds is 1. The van der Waals surface area contributed by atoms with E-state index >= 15 is 0 Å². The first kappa shape index (κ1) is 8.06. The molecule has 3 rings (SSSR count). The largest absolute Gasteiger partial charge is 0.464 e. The van der Waals surface area contributed by atoms with Crippen LogP contribution < -0.4 is 5.32 Å². The van der Waals surface area contributed by atoms with Gasteiger partial charge in [-0.3, -0.25) is 0 Å². The van der Waals surface area contributed by atoms with Crippen LogP contribution in [0.15, 0.2) is 34.9 Å². The van der Waals surface area contributed by atoms with Crippen molar-refractivity contribution in [3.05, 3.63) is 36.1 Å². The first-order valence-corrected chi connectivity index (χ1v) is 5.06. The monoisotopic (exact) mass is 187 g/mol. The molecule has 2 heterocycles. The second kappa shape index (κ2) is 2.85. The van der Waals surface area contributed by atoms with Crippen molar-refractivity contribution in [3.63, 3.8) is 0 Å². The Balaban J connectivity index is 2.12. The zero-order chi connectivity index (χ0) is 9.54. The standard InChI is InChI=1S/C12H13NO/c1-8-6-13-12(8)10-7-14-11-5-3-2-4-9(10)11/h2-5,7-8,12-13H,6H2,1H3. The van der Waals surface area contributed by atoms with Gasteiger partial charge in [0.25, 0.3) is 0 Å². The van der Waals surface area contributed by atoms with Crippen molar-refractivity contribution < 1.29 is 4.42 Å². The van der Waals surface area contributed by atoms with Crippen molar-refractivity contribution in [2.45, 2.75) is 13.0 Å². The molecule has 0 bridgehead atoms. The Morgan fingerprint density at radius 1 is 1.36 bits per heavy atom. The van der Waals surface area contributed by atoms with E-state index in [0.29, 0.717) is 6.04 Å². The van der Waals surface area contributed by atoms with E-state index in [-0.39, 0.29) is 0 Å². The van der Waals surface area contributed by atoms with Crippen molar-refractivity contribution >= 4 is 11.0 Å². The minimum absolute atomic E-state index is 0.485. The first-order valence-electron chi connectivity index (χ1n) is 5.06. The fourth-order valence-electron chi connectivity index (χ4n) is 2.13. The summed E-state index contributed by atoms with van der Waals surface area (Å²) in [6.45, 7) is 3.38. The third-order valence-electron chi connectivity index (χ3n) is 3.07. The lowest BCUT2D eigenvalue weighted by Gasteiger charge is -2.35. The molecular weight excluding hydrogens is 174 g/mol.